The van der Waals surface area contributed by atoms with E-state index in [-0.39, 0.29) is 21.9 Å². The van der Waals surface area contributed by atoms with Gasteiger partial charge in [0, 0.05) is 16.5 Å². The Morgan fingerprint density at radius 3 is 2.23 bits per heavy atom. The van der Waals surface area contributed by atoms with E-state index in [0.717, 1.165) is 12.1 Å². The average molecular weight is 464 g/mol. The number of carbonyl (C=O) groups is 1. The minimum absolute atomic E-state index is 0.00463. The molecule has 6 nitrogen and oxygen atoms in total. The molecule has 0 aromatic heterocycles. The summed E-state index contributed by atoms with van der Waals surface area (Å²) in [6.07, 6.45) is -0.738. The molecule has 0 aliphatic rings. The van der Waals surface area contributed by atoms with Gasteiger partial charge in [-0.1, -0.05) is 18.7 Å². The number of alkyl halides is 3. The Labute approximate surface area is 176 Å². The molecule has 11 heteroatoms. The quantitative estimate of drug-likeness (QED) is 0.364. The average Bonchev–Trinajstić information content (AvgIpc) is 2.58. The van der Waals surface area contributed by atoms with Crippen molar-refractivity contribution in [3.05, 3.63) is 47.3 Å². The molecule has 0 saturated heterocycles. The van der Waals surface area contributed by atoms with Crippen LogP contribution in [0.15, 0.2) is 24.8 Å². The van der Waals surface area contributed by atoms with E-state index in [1.165, 1.54) is 39.8 Å². The second-order valence-electron chi connectivity index (χ2n) is 7.67. The first-order chi connectivity index (χ1) is 14.0. The third-order valence-corrected chi connectivity index (χ3v) is 5.06. The highest BCUT2D eigenvalue weighted by Gasteiger charge is 2.49. The van der Waals surface area contributed by atoms with Crippen molar-refractivity contribution in [2.75, 3.05) is 0 Å². The fourth-order valence-corrected chi connectivity index (χ4v) is 3.37. The Morgan fingerprint density at radius 1 is 1.19 bits per heavy atom. The molecule has 1 N–H and O–H groups in total. The molecule has 0 aliphatic heterocycles. The summed E-state index contributed by atoms with van der Waals surface area (Å²) in [5, 5.41) is 9.41. The first-order valence-electron chi connectivity index (χ1n) is 8.79. The Balaban J connectivity index is 2.98. The van der Waals surface area contributed by atoms with Crippen molar-refractivity contribution in [2.45, 2.75) is 44.9 Å². The Hall–Kier alpha value is -2.66. The van der Waals surface area contributed by atoms with Crippen molar-refractivity contribution in [1.82, 2.24) is 0 Å². The second-order valence-corrected chi connectivity index (χ2v) is 9.20. The maximum absolute atomic E-state index is 14.4. The zero-order valence-electron chi connectivity index (χ0n) is 17.0. The second kappa shape index (κ2) is 8.12. The van der Waals surface area contributed by atoms with E-state index in [0.29, 0.717) is 0 Å². The van der Waals surface area contributed by atoms with Gasteiger partial charge in [0.25, 0.3) is 0 Å². The Kier molecular flexibility index (Phi) is 6.44. The number of carboxylic acid groups (broad SMARTS) is 1. The van der Waals surface area contributed by atoms with E-state index < -0.39 is 50.4 Å². The van der Waals surface area contributed by atoms with Crippen LogP contribution in [0, 0.1) is 12.7 Å². The maximum atomic E-state index is 14.4. The molecule has 170 valence electrons. The molecule has 0 spiro atoms. The third kappa shape index (κ3) is 5.16. The van der Waals surface area contributed by atoms with E-state index in [1.807, 2.05) is 0 Å². The number of benzene rings is 2. The molecule has 31 heavy (non-hydrogen) atoms. The van der Waals surface area contributed by atoms with Gasteiger partial charge in [-0.25, -0.2) is 9.18 Å². The van der Waals surface area contributed by atoms with Gasteiger partial charge in [-0.15, -0.1) is 0 Å². The SMILES string of the molecule is C=Cc1cc2cc(C)c(C(OC(C)(C)C)C(=O)O)c(OS(=O)(=O)C(F)(F)F)c2cc1F. The number of halogens is 4. The number of hydrogen-bond donors (Lipinski definition) is 1. The van der Waals surface area contributed by atoms with Gasteiger partial charge in [-0.3, -0.25) is 0 Å². The molecule has 0 bridgehead atoms. The number of fused-ring (bicyclic) bond motifs is 1. The van der Waals surface area contributed by atoms with Crippen LogP contribution < -0.4 is 4.18 Å². The lowest BCUT2D eigenvalue weighted by Crippen LogP contribution is -2.31. The van der Waals surface area contributed by atoms with Gasteiger partial charge in [-0.05, 0) is 50.8 Å². The van der Waals surface area contributed by atoms with Gasteiger partial charge in [0.1, 0.15) is 5.82 Å². The largest absolute Gasteiger partial charge is 0.534 e. The first kappa shape index (κ1) is 24.6. The molecular weight excluding hydrogens is 444 g/mol. The Morgan fingerprint density at radius 2 is 1.77 bits per heavy atom. The van der Waals surface area contributed by atoms with Gasteiger partial charge < -0.3 is 14.0 Å². The molecule has 0 saturated carbocycles. The number of carboxylic acids is 1. The van der Waals surface area contributed by atoms with Gasteiger partial charge in [0.2, 0.25) is 0 Å². The minimum Gasteiger partial charge on any atom is -0.479 e. The number of hydrogen-bond acceptors (Lipinski definition) is 5. The molecule has 2 rings (SSSR count). The summed E-state index contributed by atoms with van der Waals surface area (Å²) in [5.74, 6) is -3.50. The zero-order chi connectivity index (χ0) is 23.9. The summed E-state index contributed by atoms with van der Waals surface area (Å²) in [6.45, 7) is 9.29. The van der Waals surface area contributed by atoms with Crippen molar-refractivity contribution < 1.29 is 44.8 Å². The van der Waals surface area contributed by atoms with Crippen LogP contribution >= 0.6 is 0 Å². The molecule has 1 atom stereocenters. The van der Waals surface area contributed by atoms with Crippen LogP contribution in [0.5, 0.6) is 5.75 Å². The number of aliphatic carboxylic acids is 1. The fourth-order valence-electron chi connectivity index (χ4n) is 2.87. The van der Waals surface area contributed by atoms with Gasteiger partial charge in [0.05, 0.1) is 5.60 Å². The van der Waals surface area contributed by atoms with Crippen molar-refractivity contribution in [3.63, 3.8) is 0 Å². The predicted octanol–water partition coefficient (Wildman–Crippen LogP) is 5.10. The lowest BCUT2D eigenvalue weighted by atomic mass is 9.94. The smallest absolute Gasteiger partial charge is 0.479 e. The monoisotopic (exact) mass is 464 g/mol. The molecule has 0 heterocycles. The van der Waals surface area contributed by atoms with Crippen LogP contribution in [0.4, 0.5) is 17.6 Å². The topological polar surface area (TPSA) is 89.9 Å². The highest BCUT2D eigenvalue weighted by atomic mass is 32.2. The maximum Gasteiger partial charge on any atom is 0.534 e. The fraction of sp³-hybridized carbons (Fsp3) is 0.350. The van der Waals surface area contributed by atoms with Crippen LogP contribution in [0.3, 0.4) is 0 Å². The number of ether oxygens (including phenoxy) is 1. The van der Waals surface area contributed by atoms with Crippen LogP contribution in [-0.2, 0) is 19.6 Å². The number of aryl methyl sites for hydroxylation is 1. The summed E-state index contributed by atoms with van der Waals surface area (Å²) in [6, 6.07) is 3.35. The summed E-state index contributed by atoms with van der Waals surface area (Å²) >= 11 is 0. The molecule has 2 aromatic carbocycles. The lowest BCUT2D eigenvalue weighted by molar-refractivity contribution is -0.160. The van der Waals surface area contributed by atoms with E-state index in [2.05, 4.69) is 10.8 Å². The first-order valence-corrected chi connectivity index (χ1v) is 10.2. The molecule has 1 unspecified atom stereocenters. The third-order valence-electron chi connectivity index (χ3n) is 4.11. The van der Waals surface area contributed by atoms with Crippen LogP contribution in [0.25, 0.3) is 16.8 Å². The van der Waals surface area contributed by atoms with E-state index >= 15 is 0 Å². The van der Waals surface area contributed by atoms with Crippen molar-refractivity contribution in [2.24, 2.45) is 0 Å². The summed E-state index contributed by atoms with van der Waals surface area (Å²) in [4.78, 5) is 11.9. The van der Waals surface area contributed by atoms with Gasteiger partial charge >= 0.3 is 21.6 Å². The van der Waals surface area contributed by atoms with Crippen molar-refractivity contribution in [1.29, 1.82) is 0 Å². The highest BCUT2D eigenvalue weighted by molar-refractivity contribution is 7.88. The summed E-state index contributed by atoms with van der Waals surface area (Å²) in [5.41, 5.74) is -7.29. The lowest BCUT2D eigenvalue weighted by Gasteiger charge is -2.28. The zero-order valence-corrected chi connectivity index (χ0v) is 17.8. The predicted molar refractivity (Wildman–Crippen MR) is 106 cm³/mol. The minimum atomic E-state index is -6.20. The van der Waals surface area contributed by atoms with Crippen LogP contribution in [-0.4, -0.2) is 30.6 Å². The molecule has 0 amide bonds. The van der Waals surface area contributed by atoms with E-state index in [4.69, 9.17) is 4.74 Å². The molecular formula is C20H20F4O6S. The highest BCUT2D eigenvalue weighted by Crippen LogP contribution is 2.42. The standard InChI is InChI=1S/C20H20F4O6S/c1-6-11-8-12-7-10(2)15(17(18(25)26)29-19(3,4)5)16(13(12)9-14(11)21)30-31(27,28)20(22,23)24/h6-9,17H,1H2,2-5H3,(H,25,26). The van der Waals surface area contributed by atoms with Gasteiger partial charge in [0.15, 0.2) is 11.9 Å². The Bertz CT molecular complexity index is 1150. The van der Waals surface area contributed by atoms with E-state index in [1.54, 1.807) is 0 Å². The molecule has 0 fully saturated rings. The molecule has 0 aliphatic carbocycles. The number of rotatable bonds is 6. The molecule has 0 radical (unpaired) electrons. The van der Waals surface area contributed by atoms with Crippen LogP contribution in [0.1, 0.15) is 43.6 Å². The normalized spacial score (nSPS) is 13.8. The van der Waals surface area contributed by atoms with Crippen molar-refractivity contribution >= 4 is 32.9 Å². The van der Waals surface area contributed by atoms with E-state index in [9.17, 15) is 35.9 Å². The van der Waals surface area contributed by atoms with Crippen LogP contribution in [0.2, 0.25) is 0 Å². The summed E-state index contributed by atoms with van der Waals surface area (Å²) in [7, 11) is -6.20. The van der Waals surface area contributed by atoms with Crippen molar-refractivity contribution in [3.8, 4) is 5.75 Å². The summed E-state index contributed by atoms with van der Waals surface area (Å²) < 4.78 is 86.9. The van der Waals surface area contributed by atoms with Gasteiger partial charge in [-0.2, -0.15) is 21.6 Å². The molecule has 2 aromatic rings.